The Balaban J connectivity index is 4.48. The Bertz CT molecular complexity index is 293. The first-order valence-electron chi connectivity index (χ1n) is 4.94. The average molecular weight is 229 g/mol. The lowest BCUT2D eigenvalue weighted by atomic mass is 9.98. The van der Waals surface area contributed by atoms with Gasteiger partial charge < -0.3 is 15.2 Å². The molecule has 1 atom stereocenters. The summed E-state index contributed by atoms with van der Waals surface area (Å²) >= 11 is 0. The summed E-state index contributed by atoms with van der Waals surface area (Å²) in [6.07, 6.45) is 0.483. The molecule has 0 saturated heterocycles. The molecule has 0 saturated carbocycles. The smallest absolute Gasteiger partial charge is 0.408 e. The number of amides is 1. The van der Waals surface area contributed by atoms with Crippen LogP contribution < -0.4 is 5.32 Å². The fraction of sp³-hybridized carbons (Fsp3) is 0.636. The minimum atomic E-state index is -1.02. The molecular weight excluding hydrogens is 210 g/mol. The number of rotatable bonds is 4. The van der Waals surface area contributed by atoms with Crippen LogP contribution in [0.2, 0.25) is 0 Å². The van der Waals surface area contributed by atoms with Gasteiger partial charge in [0.1, 0.15) is 5.60 Å². The van der Waals surface area contributed by atoms with Crippen molar-refractivity contribution >= 4 is 12.1 Å². The second-order valence-electron chi connectivity index (χ2n) is 4.82. The Morgan fingerprint density at radius 3 is 2.19 bits per heavy atom. The quantitative estimate of drug-likeness (QED) is 0.722. The molecule has 0 spiro atoms. The predicted octanol–water partition coefficient (Wildman–Crippen LogP) is 1.93. The molecule has 0 aromatic rings. The number of carboxylic acids is 1. The molecule has 0 fully saturated rings. The van der Waals surface area contributed by atoms with Crippen molar-refractivity contribution < 1.29 is 19.4 Å². The maximum Gasteiger partial charge on any atom is 0.408 e. The van der Waals surface area contributed by atoms with Crippen LogP contribution in [0.3, 0.4) is 0 Å². The van der Waals surface area contributed by atoms with Gasteiger partial charge in [-0.15, -0.1) is 6.58 Å². The van der Waals surface area contributed by atoms with Crippen molar-refractivity contribution in [2.45, 2.75) is 45.3 Å². The Hall–Kier alpha value is -1.52. The summed E-state index contributed by atoms with van der Waals surface area (Å²) in [7, 11) is 0. The maximum atomic E-state index is 11.4. The summed E-state index contributed by atoms with van der Waals surface area (Å²) in [4.78, 5) is 22.0. The van der Waals surface area contributed by atoms with Crippen molar-refractivity contribution in [1.82, 2.24) is 5.32 Å². The van der Waals surface area contributed by atoms with Crippen molar-refractivity contribution in [2.24, 2.45) is 0 Å². The zero-order chi connectivity index (χ0) is 13.0. The van der Waals surface area contributed by atoms with Gasteiger partial charge in [0.15, 0.2) is 0 Å². The molecule has 0 aliphatic carbocycles. The predicted molar refractivity (Wildman–Crippen MR) is 60.2 cm³/mol. The molecule has 0 bridgehead atoms. The molecule has 0 aromatic carbocycles. The lowest BCUT2D eigenvalue weighted by Gasteiger charge is -2.27. The van der Waals surface area contributed by atoms with Crippen LogP contribution in [-0.2, 0) is 9.53 Å². The van der Waals surface area contributed by atoms with Gasteiger partial charge in [0.25, 0.3) is 0 Å². The number of alkyl carbamates (subject to hydrolysis) is 1. The minimum Gasteiger partial charge on any atom is -0.481 e. The largest absolute Gasteiger partial charge is 0.481 e. The van der Waals surface area contributed by atoms with Gasteiger partial charge >= 0.3 is 12.1 Å². The molecule has 0 aliphatic rings. The molecule has 16 heavy (non-hydrogen) atoms. The van der Waals surface area contributed by atoms with E-state index < -0.39 is 23.2 Å². The van der Waals surface area contributed by atoms with Crippen LogP contribution in [0.4, 0.5) is 4.79 Å². The maximum absolute atomic E-state index is 11.4. The van der Waals surface area contributed by atoms with Crippen molar-refractivity contribution in [3.05, 3.63) is 12.7 Å². The summed E-state index contributed by atoms with van der Waals surface area (Å²) in [5.74, 6) is -1.02. The molecule has 0 radical (unpaired) electrons. The third-order valence-electron chi connectivity index (χ3n) is 1.76. The number of ether oxygens (including phenoxy) is 1. The van der Waals surface area contributed by atoms with E-state index >= 15 is 0 Å². The first-order valence-corrected chi connectivity index (χ1v) is 4.94. The lowest BCUT2D eigenvalue weighted by molar-refractivity contribution is -0.138. The van der Waals surface area contributed by atoms with E-state index in [-0.39, 0.29) is 6.42 Å². The zero-order valence-electron chi connectivity index (χ0n) is 10.2. The van der Waals surface area contributed by atoms with E-state index in [2.05, 4.69) is 11.9 Å². The fourth-order valence-corrected chi connectivity index (χ4v) is 1.02. The minimum absolute atomic E-state index is 0.240. The normalized spacial score (nSPS) is 14.8. The summed E-state index contributed by atoms with van der Waals surface area (Å²) in [6.45, 7) is 10.3. The topological polar surface area (TPSA) is 75.6 Å². The summed E-state index contributed by atoms with van der Waals surface area (Å²) in [6, 6.07) is 0. The van der Waals surface area contributed by atoms with Crippen LogP contribution in [0.1, 0.15) is 34.1 Å². The number of aliphatic carboxylic acids is 1. The second-order valence-corrected chi connectivity index (χ2v) is 4.82. The van der Waals surface area contributed by atoms with E-state index in [1.807, 2.05) is 0 Å². The number of nitrogens with one attached hydrogen (secondary N) is 1. The number of hydrogen-bond donors (Lipinski definition) is 2. The van der Waals surface area contributed by atoms with Crippen molar-refractivity contribution in [2.75, 3.05) is 0 Å². The van der Waals surface area contributed by atoms with Crippen molar-refractivity contribution in [3.63, 3.8) is 0 Å². The molecule has 2 N–H and O–H groups in total. The van der Waals surface area contributed by atoms with Gasteiger partial charge in [-0.05, 0) is 27.7 Å². The molecule has 92 valence electrons. The van der Waals surface area contributed by atoms with E-state index in [1.165, 1.54) is 6.08 Å². The van der Waals surface area contributed by atoms with Gasteiger partial charge in [0.05, 0.1) is 12.0 Å². The highest BCUT2D eigenvalue weighted by Crippen LogP contribution is 2.13. The molecule has 0 aliphatic heterocycles. The molecule has 1 amide bonds. The van der Waals surface area contributed by atoms with E-state index in [0.717, 1.165) is 0 Å². The first kappa shape index (κ1) is 14.5. The van der Waals surface area contributed by atoms with E-state index in [1.54, 1.807) is 27.7 Å². The number of carboxylic acid groups (broad SMARTS) is 1. The van der Waals surface area contributed by atoms with Crippen molar-refractivity contribution in [3.8, 4) is 0 Å². The Labute approximate surface area is 95.5 Å². The number of hydrogen-bond acceptors (Lipinski definition) is 3. The van der Waals surface area contributed by atoms with E-state index in [4.69, 9.17) is 9.84 Å². The van der Waals surface area contributed by atoms with Crippen LogP contribution in [0.25, 0.3) is 0 Å². The van der Waals surface area contributed by atoms with E-state index in [9.17, 15) is 9.59 Å². The average Bonchev–Trinajstić information content (AvgIpc) is 1.98. The number of carbonyl (C=O) groups excluding carboxylic acids is 1. The highest BCUT2D eigenvalue weighted by atomic mass is 16.6. The highest BCUT2D eigenvalue weighted by molar-refractivity contribution is 5.73. The van der Waals surface area contributed by atoms with Gasteiger partial charge in [-0.25, -0.2) is 4.79 Å². The van der Waals surface area contributed by atoms with Crippen LogP contribution in [0, 0.1) is 0 Å². The van der Waals surface area contributed by atoms with Crippen LogP contribution in [0.15, 0.2) is 12.7 Å². The van der Waals surface area contributed by atoms with Gasteiger partial charge in [0.2, 0.25) is 0 Å². The lowest BCUT2D eigenvalue weighted by Crippen LogP contribution is -2.47. The van der Waals surface area contributed by atoms with Crippen LogP contribution >= 0.6 is 0 Å². The van der Waals surface area contributed by atoms with Crippen LogP contribution in [-0.4, -0.2) is 28.3 Å². The zero-order valence-corrected chi connectivity index (χ0v) is 10.2. The number of carbonyl (C=O) groups is 2. The molecule has 0 rings (SSSR count). The van der Waals surface area contributed by atoms with Gasteiger partial charge in [0, 0.05) is 0 Å². The monoisotopic (exact) mass is 229 g/mol. The highest BCUT2D eigenvalue weighted by Gasteiger charge is 2.28. The molecule has 5 nitrogen and oxygen atoms in total. The summed E-state index contributed by atoms with van der Waals surface area (Å²) < 4.78 is 5.03. The fourth-order valence-electron chi connectivity index (χ4n) is 1.02. The van der Waals surface area contributed by atoms with Gasteiger partial charge in [-0.3, -0.25) is 4.79 Å². The van der Waals surface area contributed by atoms with Crippen molar-refractivity contribution in [1.29, 1.82) is 0 Å². The second kappa shape index (κ2) is 5.01. The summed E-state index contributed by atoms with van der Waals surface area (Å²) in [5.41, 5.74) is -1.62. The molecule has 0 heterocycles. The van der Waals surface area contributed by atoms with Gasteiger partial charge in [-0.2, -0.15) is 0 Å². The third-order valence-corrected chi connectivity index (χ3v) is 1.76. The Morgan fingerprint density at radius 2 is 1.88 bits per heavy atom. The van der Waals surface area contributed by atoms with E-state index in [0.29, 0.717) is 0 Å². The standard InChI is InChI=1S/C11H19NO4/c1-6-11(5,7-8(13)14)12-9(15)16-10(2,3)4/h6H,1,7H2,2-5H3,(H,12,15)(H,13,14). The Morgan fingerprint density at radius 1 is 1.38 bits per heavy atom. The first-order chi connectivity index (χ1) is 7.08. The third kappa shape index (κ3) is 6.06. The molecule has 0 aromatic heterocycles. The molecular formula is C11H19NO4. The SMILES string of the molecule is C=CC(C)(CC(=O)O)NC(=O)OC(C)(C)C. The van der Waals surface area contributed by atoms with Gasteiger partial charge in [-0.1, -0.05) is 6.08 Å². The molecule has 5 heteroatoms. The molecule has 1 unspecified atom stereocenters. The summed E-state index contributed by atoms with van der Waals surface area (Å²) in [5, 5.41) is 11.2. The van der Waals surface area contributed by atoms with Crippen LogP contribution in [0.5, 0.6) is 0 Å². The Kier molecular flexibility index (Phi) is 4.53.